The van der Waals surface area contributed by atoms with Crippen molar-refractivity contribution in [2.24, 2.45) is 5.73 Å². The number of aromatic amines is 1. The predicted octanol–water partition coefficient (Wildman–Crippen LogP) is 2.68. The zero-order valence-corrected chi connectivity index (χ0v) is 16.2. The van der Waals surface area contributed by atoms with Crippen LogP contribution in [-0.2, 0) is 0 Å². The van der Waals surface area contributed by atoms with Gasteiger partial charge in [-0.05, 0) is 55.0 Å². The second kappa shape index (κ2) is 8.63. The van der Waals surface area contributed by atoms with Gasteiger partial charge in [0.1, 0.15) is 5.75 Å². The number of nitrogens with two attached hydrogens (primary N) is 1. The van der Waals surface area contributed by atoms with Crippen molar-refractivity contribution in [1.82, 2.24) is 15.3 Å². The minimum atomic E-state index is -0.925. The normalized spacial score (nSPS) is 20.4. The summed E-state index contributed by atoms with van der Waals surface area (Å²) in [4.78, 5) is 18.4. The molecule has 2 aromatic carbocycles. The molecule has 0 spiro atoms. The van der Waals surface area contributed by atoms with Crippen molar-refractivity contribution in [2.75, 3.05) is 6.54 Å². The summed E-state index contributed by atoms with van der Waals surface area (Å²) < 4.78 is 5.63. The fraction of sp³-hybridized carbons (Fsp3) is 0.364. The lowest BCUT2D eigenvalue weighted by atomic mass is 9.81. The third-order valence-corrected chi connectivity index (χ3v) is 5.59. The first kappa shape index (κ1) is 19.4. The molecular formula is C22H26N4O3. The van der Waals surface area contributed by atoms with Gasteiger partial charge in [0.2, 0.25) is 12.2 Å². The van der Waals surface area contributed by atoms with Gasteiger partial charge in [-0.1, -0.05) is 18.6 Å². The summed E-state index contributed by atoms with van der Waals surface area (Å²) in [6.07, 6.45) is 5.01. The molecule has 3 atom stereocenters. The number of imidazole rings is 1. The van der Waals surface area contributed by atoms with E-state index < -0.39 is 12.2 Å². The number of nitrogens with zero attached hydrogens (tertiary/aromatic N) is 1. The van der Waals surface area contributed by atoms with E-state index in [0.29, 0.717) is 29.8 Å². The Balaban J connectivity index is 1.29. The molecule has 1 amide bonds. The van der Waals surface area contributed by atoms with Crippen molar-refractivity contribution in [3.8, 4) is 5.75 Å². The van der Waals surface area contributed by atoms with Gasteiger partial charge < -0.3 is 25.9 Å². The van der Waals surface area contributed by atoms with Crippen LogP contribution < -0.4 is 15.8 Å². The molecule has 0 aliphatic heterocycles. The van der Waals surface area contributed by atoms with Crippen LogP contribution in [0.5, 0.6) is 5.75 Å². The molecule has 3 aromatic rings. The highest BCUT2D eigenvalue weighted by molar-refractivity contribution is 5.92. The van der Waals surface area contributed by atoms with E-state index in [-0.39, 0.29) is 0 Å². The van der Waals surface area contributed by atoms with Crippen LogP contribution in [0.4, 0.5) is 0 Å². The Morgan fingerprint density at radius 1 is 1.28 bits per heavy atom. The van der Waals surface area contributed by atoms with Gasteiger partial charge in [0.25, 0.3) is 0 Å². The standard InChI is InChI=1S/C22H26N4O3/c23-22(28)15-6-4-14(5-7-15)16-2-1-3-17(10-16)24-12-21(27)29-18-8-9-19-20(11-18)26-13-25-19/h4-9,11,13,16-17,21,24,27H,1-3,10,12H2,(H2,23,28)(H,25,26). The third kappa shape index (κ3) is 4.75. The first-order chi connectivity index (χ1) is 14.1. The van der Waals surface area contributed by atoms with Crippen molar-refractivity contribution in [2.45, 2.75) is 43.9 Å². The molecule has 1 aromatic heterocycles. The number of hydrogen-bond acceptors (Lipinski definition) is 5. The van der Waals surface area contributed by atoms with Crippen molar-refractivity contribution >= 4 is 16.9 Å². The van der Waals surface area contributed by atoms with Gasteiger partial charge in [-0.2, -0.15) is 0 Å². The number of rotatable bonds is 7. The lowest BCUT2D eigenvalue weighted by molar-refractivity contribution is -0.0178. The van der Waals surface area contributed by atoms with Crippen LogP contribution in [-0.4, -0.2) is 39.9 Å². The number of aliphatic hydroxyl groups is 1. The number of amides is 1. The highest BCUT2D eigenvalue weighted by Gasteiger charge is 2.24. The Labute approximate surface area is 169 Å². The zero-order valence-electron chi connectivity index (χ0n) is 16.2. The first-order valence-electron chi connectivity index (χ1n) is 9.99. The molecule has 152 valence electrons. The number of aromatic nitrogens is 2. The van der Waals surface area contributed by atoms with Gasteiger partial charge >= 0.3 is 0 Å². The minimum absolute atomic E-state index is 0.318. The average Bonchev–Trinajstić information content (AvgIpc) is 3.20. The quantitative estimate of drug-likeness (QED) is 0.460. The lowest BCUT2D eigenvalue weighted by Crippen LogP contribution is -2.40. The van der Waals surface area contributed by atoms with Crippen LogP contribution in [0.2, 0.25) is 0 Å². The van der Waals surface area contributed by atoms with Crippen molar-refractivity contribution < 1.29 is 14.6 Å². The Bertz CT molecular complexity index is 970. The molecule has 7 heteroatoms. The van der Waals surface area contributed by atoms with E-state index in [0.717, 1.165) is 36.7 Å². The molecule has 1 fully saturated rings. The van der Waals surface area contributed by atoms with Gasteiger partial charge in [0.15, 0.2) is 0 Å². The summed E-state index contributed by atoms with van der Waals surface area (Å²) in [7, 11) is 0. The van der Waals surface area contributed by atoms with Gasteiger partial charge in [-0.25, -0.2) is 4.98 Å². The maximum absolute atomic E-state index is 11.2. The first-order valence-corrected chi connectivity index (χ1v) is 9.99. The molecule has 29 heavy (non-hydrogen) atoms. The van der Waals surface area contributed by atoms with E-state index in [1.165, 1.54) is 5.56 Å². The van der Waals surface area contributed by atoms with Crippen molar-refractivity contribution in [1.29, 1.82) is 0 Å². The molecule has 1 saturated carbocycles. The van der Waals surface area contributed by atoms with E-state index >= 15 is 0 Å². The van der Waals surface area contributed by atoms with Gasteiger partial charge in [0.05, 0.1) is 23.9 Å². The zero-order chi connectivity index (χ0) is 20.2. The molecule has 1 heterocycles. The van der Waals surface area contributed by atoms with Crippen LogP contribution in [0.25, 0.3) is 11.0 Å². The maximum Gasteiger partial charge on any atom is 0.248 e. The molecule has 3 unspecified atom stereocenters. The van der Waals surface area contributed by atoms with Gasteiger partial charge in [-0.3, -0.25) is 4.79 Å². The molecule has 4 rings (SSSR count). The summed E-state index contributed by atoms with van der Waals surface area (Å²) in [5, 5.41) is 13.7. The smallest absolute Gasteiger partial charge is 0.248 e. The van der Waals surface area contributed by atoms with Crippen LogP contribution in [0.3, 0.4) is 0 Å². The molecule has 1 aliphatic rings. The number of primary amides is 1. The Morgan fingerprint density at radius 3 is 2.90 bits per heavy atom. The third-order valence-electron chi connectivity index (χ3n) is 5.59. The highest BCUT2D eigenvalue weighted by Crippen LogP contribution is 2.33. The number of carbonyl (C=O) groups is 1. The molecule has 0 saturated heterocycles. The molecule has 7 nitrogen and oxygen atoms in total. The lowest BCUT2D eigenvalue weighted by Gasteiger charge is -2.31. The number of fused-ring (bicyclic) bond motifs is 1. The monoisotopic (exact) mass is 394 g/mol. The van der Waals surface area contributed by atoms with E-state index in [1.54, 1.807) is 24.5 Å². The van der Waals surface area contributed by atoms with E-state index in [9.17, 15) is 9.90 Å². The molecule has 5 N–H and O–H groups in total. The summed E-state index contributed by atoms with van der Waals surface area (Å²) in [6, 6.07) is 13.4. The van der Waals surface area contributed by atoms with E-state index in [2.05, 4.69) is 15.3 Å². The van der Waals surface area contributed by atoms with Gasteiger partial charge in [0, 0.05) is 17.7 Å². The number of benzene rings is 2. The number of nitrogens with one attached hydrogen (secondary N) is 2. The number of H-pyrrole nitrogens is 1. The number of aliphatic hydroxyl groups excluding tert-OH is 1. The summed E-state index contributed by atoms with van der Waals surface area (Å²) >= 11 is 0. The second-order valence-electron chi connectivity index (χ2n) is 7.61. The number of hydrogen-bond donors (Lipinski definition) is 4. The average molecular weight is 394 g/mol. The summed E-state index contributed by atoms with van der Waals surface area (Å²) in [5.41, 5.74) is 8.82. The Morgan fingerprint density at radius 2 is 2.10 bits per heavy atom. The molecule has 1 aliphatic carbocycles. The van der Waals surface area contributed by atoms with Crippen molar-refractivity contribution in [3.05, 3.63) is 59.9 Å². The topological polar surface area (TPSA) is 113 Å². The van der Waals surface area contributed by atoms with E-state index in [1.807, 2.05) is 24.3 Å². The maximum atomic E-state index is 11.2. The second-order valence-corrected chi connectivity index (χ2v) is 7.61. The van der Waals surface area contributed by atoms with Crippen LogP contribution in [0.15, 0.2) is 48.8 Å². The minimum Gasteiger partial charge on any atom is -0.464 e. The fourth-order valence-electron chi connectivity index (χ4n) is 4.05. The molecular weight excluding hydrogens is 368 g/mol. The molecule has 0 bridgehead atoms. The number of carbonyl (C=O) groups excluding carboxylic acids is 1. The van der Waals surface area contributed by atoms with Crippen LogP contribution in [0, 0.1) is 0 Å². The highest BCUT2D eigenvalue weighted by atomic mass is 16.6. The SMILES string of the molecule is NC(=O)c1ccc(C2CCCC(NCC(O)Oc3ccc4nc[nH]c4c3)C2)cc1. The fourth-order valence-corrected chi connectivity index (χ4v) is 4.05. The largest absolute Gasteiger partial charge is 0.464 e. The van der Waals surface area contributed by atoms with Crippen LogP contribution >= 0.6 is 0 Å². The number of ether oxygens (including phenoxy) is 1. The summed E-state index contributed by atoms with van der Waals surface area (Å²) in [6.45, 7) is 0.360. The van der Waals surface area contributed by atoms with Crippen LogP contribution in [0.1, 0.15) is 47.5 Å². The molecule has 0 radical (unpaired) electrons. The predicted molar refractivity (Wildman–Crippen MR) is 111 cm³/mol. The van der Waals surface area contributed by atoms with E-state index in [4.69, 9.17) is 10.5 Å². The van der Waals surface area contributed by atoms with Gasteiger partial charge in [-0.15, -0.1) is 0 Å². The summed E-state index contributed by atoms with van der Waals surface area (Å²) in [5.74, 6) is 0.636. The van der Waals surface area contributed by atoms with Crippen molar-refractivity contribution in [3.63, 3.8) is 0 Å². The Hall–Kier alpha value is -2.90. The Kier molecular flexibility index (Phi) is 5.78.